The summed E-state index contributed by atoms with van der Waals surface area (Å²) in [7, 11) is 0. The van der Waals surface area contributed by atoms with Crippen molar-refractivity contribution < 1.29 is 9.53 Å². The molecule has 19 heavy (non-hydrogen) atoms. The zero-order chi connectivity index (χ0) is 13.7. The molecule has 1 aromatic rings. The van der Waals surface area contributed by atoms with Crippen molar-refractivity contribution in [1.82, 2.24) is 4.90 Å². The molecule has 4 heteroatoms. The van der Waals surface area contributed by atoms with Crippen LogP contribution in [0.4, 0.5) is 5.69 Å². The van der Waals surface area contributed by atoms with Gasteiger partial charge in [0.25, 0.3) is 0 Å². The summed E-state index contributed by atoms with van der Waals surface area (Å²) in [6.07, 6.45) is 1.19. The standard InChI is InChI=1S/C15H22N2O2/c1-3-13-5-4-6-14(9-13)16-15(18)11-17-7-8-19-12(2)10-17/h4-6,9,12H,3,7-8,10-11H2,1-2H3,(H,16,18). The zero-order valence-electron chi connectivity index (χ0n) is 11.7. The predicted octanol–water partition coefficient (Wildman–Crippen LogP) is 1.91. The molecule has 1 unspecified atom stereocenters. The summed E-state index contributed by atoms with van der Waals surface area (Å²) in [6, 6.07) is 8.00. The van der Waals surface area contributed by atoms with Crippen LogP contribution in [0.15, 0.2) is 24.3 Å². The van der Waals surface area contributed by atoms with Crippen LogP contribution in [0.25, 0.3) is 0 Å². The van der Waals surface area contributed by atoms with Crippen molar-refractivity contribution in [3.05, 3.63) is 29.8 Å². The fourth-order valence-corrected chi connectivity index (χ4v) is 2.31. The number of aryl methyl sites for hydroxylation is 1. The second kappa shape index (κ2) is 6.68. The van der Waals surface area contributed by atoms with E-state index in [1.165, 1.54) is 5.56 Å². The van der Waals surface area contributed by atoms with Gasteiger partial charge < -0.3 is 10.1 Å². The summed E-state index contributed by atoms with van der Waals surface area (Å²) in [5.74, 6) is 0.0438. The molecule has 1 atom stereocenters. The lowest BCUT2D eigenvalue weighted by Gasteiger charge is -2.30. The molecule has 1 amide bonds. The minimum Gasteiger partial charge on any atom is -0.376 e. The van der Waals surface area contributed by atoms with E-state index in [0.29, 0.717) is 13.2 Å². The Morgan fingerprint density at radius 1 is 1.53 bits per heavy atom. The number of benzene rings is 1. The van der Waals surface area contributed by atoms with Crippen molar-refractivity contribution in [3.63, 3.8) is 0 Å². The summed E-state index contributed by atoms with van der Waals surface area (Å²) < 4.78 is 5.46. The Bertz CT molecular complexity index is 434. The predicted molar refractivity (Wildman–Crippen MR) is 76.3 cm³/mol. The van der Waals surface area contributed by atoms with Crippen LogP contribution in [0.2, 0.25) is 0 Å². The third-order valence-corrected chi connectivity index (χ3v) is 3.31. The highest BCUT2D eigenvalue weighted by Gasteiger charge is 2.18. The number of nitrogens with one attached hydrogen (secondary N) is 1. The molecule has 1 N–H and O–H groups in total. The van der Waals surface area contributed by atoms with E-state index in [4.69, 9.17) is 4.74 Å². The van der Waals surface area contributed by atoms with Crippen LogP contribution in [0.3, 0.4) is 0 Å². The second-order valence-electron chi connectivity index (χ2n) is 5.02. The fraction of sp³-hybridized carbons (Fsp3) is 0.533. The first-order valence-corrected chi connectivity index (χ1v) is 6.90. The maximum atomic E-state index is 12.0. The number of carbonyl (C=O) groups is 1. The van der Waals surface area contributed by atoms with Crippen molar-refractivity contribution in [2.75, 3.05) is 31.6 Å². The number of nitrogens with zero attached hydrogens (tertiary/aromatic N) is 1. The largest absolute Gasteiger partial charge is 0.376 e. The Hall–Kier alpha value is -1.39. The van der Waals surface area contributed by atoms with Crippen LogP contribution in [0, 0.1) is 0 Å². The molecule has 0 aromatic heterocycles. The average Bonchev–Trinajstić information content (AvgIpc) is 2.38. The highest BCUT2D eigenvalue weighted by atomic mass is 16.5. The molecule has 0 radical (unpaired) electrons. The summed E-state index contributed by atoms with van der Waals surface area (Å²) in [5.41, 5.74) is 2.11. The van der Waals surface area contributed by atoms with E-state index in [2.05, 4.69) is 23.2 Å². The first kappa shape index (κ1) is 14.0. The Balaban J connectivity index is 1.86. The first-order valence-electron chi connectivity index (χ1n) is 6.90. The first-order chi connectivity index (χ1) is 9.17. The smallest absolute Gasteiger partial charge is 0.238 e. The van der Waals surface area contributed by atoms with Gasteiger partial charge in [-0.15, -0.1) is 0 Å². The summed E-state index contributed by atoms with van der Waals surface area (Å²) in [6.45, 7) is 6.93. The molecule has 0 saturated carbocycles. The van der Waals surface area contributed by atoms with Crippen molar-refractivity contribution >= 4 is 11.6 Å². The van der Waals surface area contributed by atoms with Gasteiger partial charge in [-0.2, -0.15) is 0 Å². The number of amides is 1. The molecule has 0 bridgehead atoms. The molecule has 0 aliphatic carbocycles. The van der Waals surface area contributed by atoms with Crippen LogP contribution in [0.1, 0.15) is 19.4 Å². The number of hydrogen-bond donors (Lipinski definition) is 1. The monoisotopic (exact) mass is 262 g/mol. The van der Waals surface area contributed by atoms with E-state index in [9.17, 15) is 4.79 Å². The van der Waals surface area contributed by atoms with Gasteiger partial charge in [0.05, 0.1) is 19.3 Å². The Morgan fingerprint density at radius 2 is 2.37 bits per heavy atom. The maximum Gasteiger partial charge on any atom is 0.238 e. The summed E-state index contributed by atoms with van der Waals surface area (Å²) in [4.78, 5) is 14.1. The number of anilines is 1. The van der Waals surface area contributed by atoms with Gasteiger partial charge in [-0.3, -0.25) is 9.69 Å². The summed E-state index contributed by atoms with van der Waals surface area (Å²) >= 11 is 0. The number of ether oxygens (including phenoxy) is 1. The highest BCUT2D eigenvalue weighted by molar-refractivity contribution is 5.92. The third kappa shape index (κ3) is 4.33. The molecular weight excluding hydrogens is 240 g/mol. The van der Waals surface area contributed by atoms with E-state index in [-0.39, 0.29) is 12.0 Å². The number of hydrogen-bond acceptors (Lipinski definition) is 3. The number of rotatable bonds is 4. The molecule has 0 spiro atoms. The van der Waals surface area contributed by atoms with E-state index in [1.807, 2.05) is 25.1 Å². The van der Waals surface area contributed by atoms with Gasteiger partial charge in [-0.1, -0.05) is 19.1 Å². The van der Waals surface area contributed by atoms with Gasteiger partial charge in [0, 0.05) is 18.8 Å². The van der Waals surface area contributed by atoms with Crippen LogP contribution in [-0.2, 0) is 16.0 Å². The average molecular weight is 262 g/mol. The molecule has 1 heterocycles. The molecule has 1 saturated heterocycles. The SMILES string of the molecule is CCc1cccc(NC(=O)CN2CCOC(C)C2)c1. The minimum absolute atomic E-state index is 0.0438. The topological polar surface area (TPSA) is 41.6 Å². The van der Waals surface area contributed by atoms with Gasteiger partial charge in [-0.05, 0) is 31.0 Å². The lowest BCUT2D eigenvalue weighted by molar-refractivity contribution is -0.119. The van der Waals surface area contributed by atoms with Gasteiger partial charge >= 0.3 is 0 Å². The Labute approximate surface area is 114 Å². The van der Waals surface area contributed by atoms with E-state index < -0.39 is 0 Å². The quantitative estimate of drug-likeness (QED) is 0.901. The lowest BCUT2D eigenvalue weighted by Crippen LogP contribution is -2.44. The van der Waals surface area contributed by atoms with Gasteiger partial charge in [0.1, 0.15) is 0 Å². The van der Waals surface area contributed by atoms with Crippen molar-refractivity contribution in [2.45, 2.75) is 26.4 Å². The zero-order valence-corrected chi connectivity index (χ0v) is 11.7. The van der Waals surface area contributed by atoms with Gasteiger partial charge in [0.2, 0.25) is 5.91 Å². The molecular formula is C15H22N2O2. The molecule has 1 aliphatic heterocycles. The van der Waals surface area contributed by atoms with Crippen LogP contribution >= 0.6 is 0 Å². The number of carbonyl (C=O) groups excluding carboxylic acids is 1. The molecule has 1 fully saturated rings. The van der Waals surface area contributed by atoms with Crippen LogP contribution in [-0.4, -0.2) is 43.2 Å². The van der Waals surface area contributed by atoms with E-state index in [1.54, 1.807) is 0 Å². The van der Waals surface area contributed by atoms with Crippen LogP contribution in [0.5, 0.6) is 0 Å². The highest BCUT2D eigenvalue weighted by Crippen LogP contribution is 2.11. The van der Waals surface area contributed by atoms with E-state index >= 15 is 0 Å². The third-order valence-electron chi connectivity index (χ3n) is 3.31. The van der Waals surface area contributed by atoms with Crippen LogP contribution < -0.4 is 5.32 Å². The van der Waals surface area contributed by atoms with Gasteiger partial charge in [-0.25, -0.2) is 0 Å². The minimum atomic E-state index is 0.0438. The Morgan fingerprint density at radius 3 is 3.11 bits per heavy atom. The van der Waals surface area contributed by atoms with E-state index in [0.717, 1.165) is 25.2 Å². The molecule has 104 valence electrons. The maximum absolute atomic E-state index is 12.0. The lowest BCUT2D eigenvalue weighted by atomic mass is 10.1. The molecule has 1 aromatic carbocycles. The van der Waals surface area contributed by atoms with Gasteiger partial charge in [0.15, 0.2) is 0 Å². The van der Waals surface area contributed by atoms with Crippen molar-refractivity contribution in [3.8, 4) is 0 Å². The molecule has 1 aliphatic rings. The Kier molecular flexibility index (Phi) is 4.93. The summed E-state index contributed by atoms with van der Waals surface area (Å²) in [5, 5.41) is 2.96. The molecule has 4 nitrogen and oxygen atoms in total. The van der Waals surface area contributed by atoms with Crippen molar-refractivity contribution in [1.29, 1.82) is 0 Å². The number of morpholine rings is 1. The molecule has 2 rings (SSSR count). The second-order valence-corrected chi connectivity index (χ2v) is 5.02. The van der Waals surface area contributed by atoms with Crippen molar-refractivity contribution in [2.24, 2.45) is 0 Å². The normalized spacial score (nSPS) is 20.2. The fourth-order valence-electron chi connectivity index (χ4n) is 2.31.